The highest BCUT2D eigenvalue weighted by molar-refractivity contribution is 6.16. The summed E-state index contributed by atoms with van der Waals surface area (Å²) in [4.78, 5) is 16.9. The number of nitrogens with zero attached hydrogens (tertiary/aromatic N) is 6. The number of hydrogen-bond donors (Lipinski definition) is 0. The molecule has 12 rings (SSSR count). The molecule has 0 radical (unpaired) electrons. The summed E-state index contributed by atoms with van der Waals surface area (Å²) in [6.07, 6.45) is 14.9. The van der Waals surface area contributed by atoms with E-state index < -0.39 is 0 Å². The van der Waals surface area contributed by atoms with Gasteiger partial charge in [0.05, 0.1) is 45.1 Å². The molecule has 10 aromatic rings. The number of fused-ring (bicyclic) bond motifs is 7. The minimum Gasteiger partial charge on any atom is -0.309 e. The second-order valence-electron chi connectivity index (χ2n) is 30.7. The standard InChI is InChI=1S/C82H84N6/c1-77(2,3)56-32-36-72-66(47-56)62-26-19-21-28-68(62)87(72)70-34-30-52-38-50(49-83)24-23-25-51(52)43-64(70)65-44-53(31-35-71(65)88-69-29-22-20-27-63(69)67-48-57(78(4,5)6)33-37-73(67)88)74-84-75(54-39-58(79(7,8)9)45-59(40-54)80(10,11)12)86-76(85-74)55-41-60(81(13,14)15)46-61(42-55)82(16,17)18/h19-48H,1-18H3. The quantitative estimate of drug-likeness (QED) is 0.166. The van der Waals surface area contributed by atoms with Crippen LogP contribution in [0, 0.1) is 11.3 Å². The van der Waals surface area contributed by atoms with Crippen LogP contribution in [0.15, 0.2) is 199 Å². The third-order valence-electron chi connectivity index (χ3n) is 17.9. The van der Waals surface area contributed by atoms with Gasteiger partial charge in [-0.05, 0) is 180 Å². The van der Waals surface area contributed by atoms with Gasteiger partial charge in [0.1, 0.15) is 0 Å². The van der Waals surface area contributed by atoms with Gasteiger partial charge in [-0.15, -0.1) is 0 Å². The van der Waals surface area contributed by atoms with Crippen molar-refractivity contribution >= 4 is 54.9 Å². The molecule has 0 N–H and O–H groups in total. The minimum atomic E-state index is -0.143. The summed E-state index contributed by atoms with van der Waals surface area (Å²) < 4.78 is 4.92. The number of nitriles is 1. The van der Waals surface area contributed by atoms with E-state index in [1.807, 2.05) is 18.2 Å². The summed E-state index contributed by atoms with van der Waals surface area (Å²) in [5.41, 5.74) is 20.4. The molecule has 2 aliphatic carbocycles. The largest absolute Gasteiger partial charge is 0.309 e. The lowest BCUT2D eigenvalue weighted by molar-refractivity contribution is 0.568. The highest BCUT2D eigenvalue weighted by Crippen LogP contribution is 2.46. The van der Waals surface area contributed by atoms with Crippen molar-refractivity contribution in [1.82, 2.24) is 24.1 Å². The van der Waals surface area contributed by atoms with Crippen LogP contribution in [0.5, 0.6) is 0 Å². The molecule has 0 bridgehead atoms. The van der Waals surface area contributed by atoms with Gasteiger partial charge in [-0.25, -0.2) is 15.0 Å². The van der Waals surface area contributed by atoms with E-state index in [1.54, 1.807) is 0 Å². The summed E-state index contributed by atoms with van der Waals surface area (Å²) in [5, 5.41) is 15.2. The zero-order chi connectivity index (χ0) is 62.8. The Morgan fingerprint density at radius 1 is 0.364 bits per heavy atom. The normalized spacial score (nSPS) is 14.5. The van der Waals surface area contributed by atoms with E-state index >= 15 is 0 Å². The first-order valence-electron chi connectivity index (χ1n) is 31.3. The van der Waals surface area contributed by atoms with Crippen LogP contribution in [-0.2, 0) is 32.5 Å². The maximum absolute atomic E-state index is 10.4. The third kappa shape index (κ3) is 11.0. The molecule has 0 saturated heterocycles. The Kier molecular flexibility index (Phi) is 14.3. The van der Waals surface area contributed by atoms with Gasteiger partial charge in [0.15, 0.2) is 17.5 Å². The van der Waals surface area contributed by atoms with Gasteiger partial charge in [0.2, 0.25) is 0 Å². The first-order valence-corrected chi connectivity index (χ1v) is 31.3. The number of rotatable bonds is 6. The summed E-state index contributed by atoms with van der Waals surface area (Å²) in [6, 6.07) is 54.9. The van der Waals surface area contributed by atoms with Crippen LogP contribution < -0.4 is 0 Å². The van der Waals surface area contributed by atoms with Crippen LogP contribution in [0.4, 0.5) is 0 Å². The lowest BCUT2D eigenvalue weighted by atomic mass is 9.79. The highest BCUT2D eigenvalue weighted by atomic mass is 15.0. The third-order valence-corrected chi connectivity index (χ3v) is 17.9. The maximum atomic E-state index is 10.4. The second-order valence-corrected chi connectivity index (χ2v) is 30.7. The molecule has 442 valence electrons. The number of allylic oxidation sites excluding steroid dienone is 12. The van der Waals surface area contributed by atoms with Crippen LogP contribution >= 0.6 is 0 Å². The van der Waals surface area contributed by atoms with Crippen LogP contribution in [0.25, 0.3) is 94.7 Å². The highest BCUT2D eigenvalue weighted by Gasteiger charge is 2.30. The molecule has 0 atom stereocenters. The topological polar surface area (TPSA) is 72.3 Å². The van der Waals surface area contributed by atoms with Gasteiger partial charge in [0, 0.05) is 49.4 Å². The van der Waals surface area contributed by atoms with Crippen LogP contribution in [0.1, 0.15) is 164 Å². The average Bonchev–Trinajstić information content (AvgIpc) is 1.59. The van der Waals surface area contributed by atoms with Gasteiger partial charge in [-0.1, -0.05) is 204 Å². The van der Waals surface area contributed by atoms with Crippen molar-refractivity contribution in [3.8, 4) is 45.9 Å². The predicted molar refractivity (Wildman–Crippen MR) is 373 cm³/mol. The van der Waals surface area contributed by atoms with Crippen molar-refractivity contribution in [2.75, 3.05) is 0 Å². The van der Waals surface area contributed by atoms with Crippen molar-refractivity contribution in [3.05, 3.63) is 238 Å². The van der Waals surface area contributed by atoms with Gasteiger partial charge in [0.25, 0.3) is 0 Å². The average molecular weight is 1150 g/mol. The molecule has 88 heavy (non-hydrogen) atoms. The van der Waals surface area contributed by atoms with Crippen molar-refractivity contribution in [2.24, 2.45) is 0 Å². The van der Waals surface area contributed by atoms with E-state index in [9.17, 15) is 5.26 Å². The molecular weight excluding hydrogens is 1070 g/mol. The molecule has 2 aliphatic rings. The first-order chi connectivity index (χ1) is 41.3. The number of para-hydroxylation sites is 2. The fraction of sp³-hybridized carbons (Fsp3) is 0.293. The Labute approximate surface area is 522 Å². The van der Waals surface area contributed by atoms with Gasteiger partial charge >= 0.3 is 0 Å². The SMILES string of the molecule is CC(C)(C)c1cc(-c2nc(-c3cc(C(C)(C)C)cc(C(C)(C)C)c3)nc(-c3ccc(-n4c5ccccc5c5cc(C(C)(C)C)ccc54)c(C4=CC5=CC=CC(C#N)=CC5=CC=C4n4c5ccccc5c5cc(C(C)(C)C)ccc54)c3)n2)cc(C(C)(C)C)c1. The Morgan fingerprint density at radius 3 is 1.25 bits per heavy atom. The molecule has 0 unspecified atom stereocenters. The monoisotopic (exact) mass is 1150 g/mol. The summed E-state index contributed by atoms with van der Waals surface area (Å²) in [6.45, 7) is 41.1. The fourth-order valence-electron chi connectivity index (χ4n) is 12.4. The van der Waals surface area contributed by atoms with E-state index in [2.05, 4.69) is 304 Å². The lowest BCUT2D eigenvalue weighted by Gasteiger charge is -2.26. The summed E-state index contributed by atoms with van der Waals surface area (Å²) in [5.74, 6) is 1.82. The maximum Gasteiger partial charge on any atom is 0.164 e. The van der Waals surface area contributed by atoms with Crippen LogP contribution in [0.3, 0.4) is 0 Å². The smallest absolute Gasteiger partial charge is 0.164 e. The predicted octanol–water partition coefficient (Wildman–Crippen LogP) is 21.7. The lowest BCUT2D eigenvalue weighted by Crippen LogP contribution is -2.17. The van der Waals surface area contributed by atoms with Crippen molar-refractivity contribution in [1.29, 1.82) is 5.26 Å². The molecule has 0 saturated carbocycles. The van der Waals surface area contributed by atoms with Gasteiger partial charge in [-0.2, -0.15) is 5.26 Å². The Bertz CT molecular complexity index is 4610. The molecule has 0 spiro atoms. The summed E-state index contributed by atoms with van der Waals surface area (Å²) in [7, 11) is 0. The van der Waals surface area contributed by atoms with E-state index in [0.29, 0.717) is 23.0 Å². The van der Waals surface area contributed by atoms with Gasteiger partial charge < -0.3 is 9.13 Å². The molecule has 0 fully saturated rings. The zero-order valence-corrected chi connectivity index (χ0v) is 55.0. The minimum absolute atomic E-state index is 0.0660. The Balaban J connectivity index is 1.22. The van der Waals surface area contributed by atoms with Crippen LogP contribution in [0.2, 0.25) is 0 Å². The van der Waals surface area contributed by atoms with Gasteiger partial charge in [-0.3, -0.25) is 0 Å². The molecular formula is C82H84N6. The second kappa shape index (κ2) is 21.2. The van der Waals surface area contributed by atoms with E-state index in [-0.39, 0.29) is 32.5 Å². The zero-order valence-electron chi connectivity index (χ0n) is 55.0. The van der Waals surface area contributed by atoms with Crippen molar-refractivity contribution < 1.29 is 0 Å². The van der Waals surface area contributed by atoms with E-state index in [1.165, 1.54) is 54.9 Å². The number of aromatic nitrogens is 5. The van der Waals surface area contributed by atoms with E-state index in [4.69, 9.17) is 15.0 Å². The molecule has 3 heterocycles. The Morgan fingerprint density at radius 2 is 0.784 bits per heavy atom. The number of benzene rings is 7. The fourth-order valence-corrected chi connectivity index (χ4v) is 12.4. The molecule has 6 heteroatoms. The van der Waals surface area contributed by atoms with Crippen LogP contribution in [-0.4, -0.2) is 24.1 Å². The molecule has 0 amide bonds. The molecule has 0 aliphatic heterocycles. The molecule has 3 aromatic heterocycles. The molecule has 7 aromatic carbocycles. The van der Waals surface area contributed by atoms with E-state index in [0.717, 1.165) is 72.4 Å². The van der Waals surface area contributed by atoms with Crippen molar-refractivity contribution in [3.63, 3.8) is 0 Å². The first kappa shape index (κ1) is 59.4. The number of hydrogen-bond acceptors (Lipinski definition) is 4. The summed E-state index contributed by atoms with van der Waals surface area (Å²) >= 11 is 0. The van der Waals surface area contributed by atoms with Crippen molar-refractivity contribution in [2.45, 2.75) is 157 Å². The molecule has 6 nitrogen and oxygen atoms in total. The Hall–Kier alpha value is -8.92.